The molecule has 1 aromatic rings. The predicted octanol–water partition coefficient (Wildman–Crippen LogP) is 2.88. The minimum atomic E-state index is -3.40. The van der Waals surface area contributed by atoms with Crippen LogP contribution in [0.4, 0.5) is 0 Å². The average molecular weight is 331 g/mol. The van der Waals surface area contributed by atoms with Gasteiger partial charge in [0.2, 0.25) is 10.0 Å². The van der Waals surface area contributed by atoms with Crippen LogP contribution in [0, 0.1) is 18.8 Å². The highest BCUT2D eigenvalue weighted by Gasteiger charge is 2.31. The Kier molecular flexibility index (Phi) is 5.46. The summed E-state index contributed by atoms with van der Waals surface area (Å²) in [5, 5.41) is 3.08. The van der Waals surface area contributed by atoms with Crippen LogP contribution in [-0.2, 0) is 16.6 Å². The van der Waals surface area contributed by atoms with E-state index in [1.165, 1.54) is 17.8 Å². The van der Waals surface area contributed by atoms with E-state index in [1.807, 2.05) is 14.0 Å². The maximum absolute atomic E-state index is 12.6. The van der Waals surface area contributed by atoms with E-state index < -0.39 is 10.0 Å². The van der Waals surface area contributed by atoms with Gasteiger partial charge in [0.05, 0.1) is 0 Å². The molecular weight excluding hydrogens is 304 g/mol. The van der Waals surface area contributed by atoms with Crippen LogP contribution in [0.15, 0.2) is 10.3 Å². The van der Waals surface area contributed by atoms with Gasteiger partial charge in [0.1, 0.15) is 4.21 Å². The maximum atomic E-state index is 12.6. The number of nitrogens with one attached hydrogen (secondary N) is 2. The first-order valence-electron chi connectivity index (χ1n) is 7.61. The molecule has 1 saturated carbocycles. The molecule has 0 aromatic carbocycles. The van der Waals surface area contributed by atoms with Crippen molar-refractivity contribution in [3.8, 4) is 0 Å². The van der Waals surface area contributed by atoms with Gasteiger partial charge in [-0.05, 0) is 43.9 Å². The Morgan fingerprint density at radius 2 is 2.05 bits per heavy atom. The SMILES string of the molecule is CNCc1sc(S(=O)(=O)NC2CCCC(C)C2C)cc1C. The zero-order valence-corrected chi connectivity index (χ0v) is 14.9. The summed E-state index contributed by atoms with van der Waals surface area (Å²) in [5.74, 6) is 0.975. The van der Waals surface area contributed by atoms with E-state index in [0.29, 0.717) is 22.6 Å². The summed E-state index contributed by atoms with van der Waals surface area (Å²) < 4.78 is 28.6. The number of rotatable bonds is 5. The Labute approximate surface area is 132 Å². The van der Waals surface area contributed by atoms with E-state index in [9.17, 15) is 8.42 Å². The summed E-state index contributed by atoms with van der Waals surface area (Å²) >= 11 is 1.37. The molecule has 120 valence electrons. The lowest BCUT2D eigenvalue weighted by Crippen LogP contribution is -2.43. The van der Waals surface area contributed by atoms with Crippen molar-refractivity contribution in [2.24, 2.45) is 11.8 Å². The van der Waals surface area contributed by atoms with Gasteiger partial charge in [-0.3, -0.25) is 0 Å². The Hall–Kier alpha value is -0.430. The molecule has 1 aromatic heterocycles. The summed E-state index contributed by atoms with van der Waals surface area (Å²) in [6.45, 7) is 7.05. The van der Waals surface area contributed by atoms with Gasteiger partial charge < -0.3 is 5.32 Å². The fraction of sp³-hybridized carbons (Fsp3) is 0.733. The van der Waals surface area contributed by atoms with E-state index >= 15 is 0 Å². The van der Waals surface area contributed by atoms with Crippen LogP contribution in [0.25, 0.3) is 0 Å². The highest BCUT2D eigenvalue weighted by molar-refractivity contribution is 7.91. The van der Waals surface area contributed by atoms with Crippen LogP contribution < -0.4 is 10.0 Å². The summed E-state index contributed by atoms with van der Waals surface area (Å²) in [5.41, 5.74) is 1.04. The van der Waals surface area contributed by atoms with Crippen molar-refractivity contribution in [1.82, 2.24) is 10.0 Å². The number of sulfonamides is 1. The normalized spacial score (nSPS) is 27.0. The van der Waals surface area contributed by atoms with Crippen molar-refractivity contribution in [3.63, 3.8) is 0 Å². The third-order valence-corrected chi connectivity index (χ3v) is 7.81. The van der Waals surface area contributed by atoms with E-state index in [1.54, 1.807) is 6.07 Å². The van der Waals surface area contributed by atoms with Gasteiger partial charge in [-0.1, -0.05) is 26.7 Å². The highest BCUT2D eigenvalue weighted by atomic mass is 32.2. The molecule has 0 saturated heterocycles. The first-order valence-corrected chi connectivity index (χ1v) is 9.91. The number of aryl methyl sites for hydroxylation is 1. The molecule has 3 unspecified atom stereocenters. The third kappa shape index (κ3) is 3.86. The van der Waals surface area contributed by atoms with Crippen molar-refractivity contribution < 1.29 is 8.42 Å². The van der Waals surface area contributed by atoms with Crippen molar-refractivity contribution in [1.29, 1.82) is 0 Å². The van der Waals surface area contributed by atoms with Gasteiger partial charge in [0.15, 0.2) is 0 Å². The molecule has 2 rings (SSSR count). The first-order chi connectivity index (χ1) is 9.85. The first kappa shape index (κ1) is 16.9. The molecule has 0 aliphatic heterocycles. The van der Waals surface area contributed by atoms with Crippen LogP contribution in [0.1, 0.15) is 43.6 Å². The minimum Gasteiger partial charge on any atom is -0.315 e. The Balaban J connectivity index is 2.16. The molecule has 0 bridgehead atoms. The molecule has 6 heteroatoms. The quantitative estimate of drug-likeness (QED) is 0.873. The second-order valence-corrected chi connectivity index (χ2v) is 9.27. The number of hydrogen-bond donors (Lipinski definition) is 2. The largest absolute Gasteiger partial charge is 0.315 e. The van der Waals surface area contributed by atoms with Gasteiger partial charge in [-0.15, -0.1) is 11.3 Å². The summed E-state index contributed by atoms with van der Waals surface area (Å²) in [4.78, 5) is 1.09. The standard InChI is InChI=1S/C15H26N2O2S2/c1-10-6-5-7-13(12(10)3)17-21(18,19)15-8-11(2)14(20-15)9-16-4/h8,10,12-13,16-17H,5-7,9H2,1-4H3. The second-order valence-electron chi connectivity index (χ2n) is 6.20. The summed E-state index contributed by atoms with van der Waals surface area (Å²) in [6, 6.07) is 1.85. The minimum absolute atomic E-state index is 0.0638. The molecular formula is C15H26N2O2S2. The lowest BCUT2D eigenvalue weighted by molar-refractivity contribution is 0.227. The molecule has 4 nitrogen and oxygen atoms in total. The van der Waals surface area contributed by atoms with Crippen molar-refractivity contribution in [2.75, 3.05) is 7.05 Å². The molecule has 2 N–H and O–H groups in total. The molecule has 3 atom stereocenters. The zero-order valence-electron chi connectivity index (χ0n) is 13.3. The van der Waals surface area contributed by atoms with Crippen LogP contribution in [-0.4, -0.2) is 21.5 Å². The molecule has 1 fully saturated rings. The smallest absolute Gasteiger partial charge is 0.250 e. The average Bonchev–Trinajstić information content (AvgIpc) is 2.78. The van der Waals surface area contributed by atoms with Crippen molar-refractivity contribution in [2.45, 2.75) is 56.8 Å². The Morgan fingerprint density at radius 1 is 1.33 bits per heavy atom. The Morgan fingerprint density at radius 3 is 2.71 bits per heavy atom. The molecule has 0 amide bonds. The van der Waals surface area contributed by atoms with Crippen molar-refractivity contribution >= 4 is 21.4 Å². The van der Waals surface area contributed by atoms with E-state index in [-0.39, 0.29) is 6.04 Å². The van der Waals surface area contributed by atoms with E-state index in [0.717, 1.165) is 23.3 Å². The topological polar surface area (TPSA) is 58.2 Å². The molecule has 1 heterocycles. The Bertz CT molecular complexity index is 580. The fourth-order valence-corrected chi connectivity index (χ4v) is 5.94. The molecule has 0 spiro atoms. The number of thiophene rings is 1. The summed E-state index contributed by atoms with van der Waals surface area (Å²) in [7, 11) is -1.52. The van der Waals surface area contributed by atoms with Crippen LogP contribution >= 0.6 is 11.3 Å². The van der Waals surface area contributed by atoms with E-state index in [2.05, 4.69) is 23.9 Å². The predicted molar refractivity (Wildman–Crippen MR) is 88.1 cm³/mol. The molecule has 1 aliphatic carbocycles. The van der Waals surface area contributed by atoms with Gasteiger partial charge in [-0.2, -0.15) is 0 Å². The van der Waals surface area contributed by atoms with Gasteiger partial charge in [0, 0.05) is 17.5 Å². The van der Waals surface area contributed by atoms with Crippen LogP contribution in [0.2, 0.25) is 0 Å². The van der Waals surface area contributed by atoms with Crippen LogP contribution in [0.5, 0.6) is 0 Å². The van der Waals surface area contributed by atoms with Crippen molar-refractivity contribution in [3.05, 3.63) is 16.5 Å². The van der Waals surface area contributed by atoms with Crippen LogP contribution in [0.3, 0.4) is 0 Å². The second kappa shape index (κ2) is 6.77. The van der Waals surface area contributed by atoms with Gasteiger partial charge >= 0.3 is 0 Å². The number of hydrogen-bond acceptors (Lipinski definition) is 4. The summed E-state index contributed by atoms with van der Waals surface area (Å²) in [6.07, 6.45) is 3.25. The van der Waals surface area contributed by atoms with Gasteiger partial charge in [0.25, 0.3) is 0 Å². The molecule has 21 heavy (non-hydrogen) atoms. The van der Waals surface area contributed by atoms with Gasteiger partial charge in [-0.25, -0.2) is 13.1 Å². The maximum Gasteiger partial charge on any atom is 0.250 e. The van der Waals surface area contributed by atoms with E-state index in [4.69, 9.17) is 0 Å². The fourth-order valence-electron chi connectivity index (χ4n) is 2.96. The third-order valence-electron chi connectivity index (χ3n) is 4.61. The lowest BCUT2D eigenvalue weighted by Gasteiger charge is -2.34. The zero-order chi connectivity index (χ0) is 15.6. The monoisotopic (exact) mass is 330 g/mol. The highest BCUT2D eigenvalue weighted by Crippen LogP contribution is 2.32. The molecule has 1 aliphatic rings. The molecule has 0 radical (unpaired) electrons. The lowest BCUT2D eigenvalue weighted by atomic mass is 9.78.